The van der Waals surface area contributed by atoms with Crippen LogP contribution < -0.4 is 0 Å². The van der Waals surface area contributed by atoms with Crippen LogP contribution in [0.4, 0.5) is 0 Å². The molecule has 0 amide bonds. The van der Waals surface area contributed by atoms with Gasteiger partial charge in [-0.1, -0.05) is 269 Å². The van der Waals surface area contributed by atoms with Crippen molar-refractivity contribution in [2.75, 3.05) is 13.2 Å². The molecule has 0 aliphatic rings. The molecule has 80 heavy (non-hydrogen) atoms. The van der Waals surface area contributed by atoms with Gasteiger partial charge in [0.05, 0.1) is 0 Å². The zero-order chi connectivity index (χ0) is 57.8. The molecule has 0 rings (SSSR count). The van der Waals surface area contributed by atoms with Gasteiger partial charge >= 0.3 is 17.9 Å². The zero-order valence-electron chi connectivity index (χ0n) is 51.8. The van der Waals surface area contributed by atoms with Crippen LogP contribution in [0.15, 0.2) is 146 Å². The van der Waals surface area contributed by atoms with Gasteiger partial charge < -0.3 is 14.2 Å². The SMILES string of the molecule is CC/C=C\C/C=C\C/C=C\C/C=C\C/C=C\C/C=C\C/C=C\C/C=C\CCCCC(=O)OCC(COC(=O)CCCCCCCCC/C=C\C/C=C\C/C=C\CC)OC(=O)CCCCCCCCC/C=C\CCCCCCCCC. The summed E-state index contributed by atoms with van der Waals surface area (Å²) in [6.07, 6.45) is 95.6. The Balaban J connectivity index is 4.49. The summed E-state index contributed by atoms with van der Waals surface area (Å²) in [5, 5.41) is 0. The maximum atomic E-state index is 12.9. The molecule has 0 saturated heterocycles. The lowest BCUT2D eigenvalue weighted by Crippen LogP contribution is -2.30. The summed E-state index contributed by atoms with van der Waals surface area (Å²) in [5.74, 6) is -0.960. The molecule has 0 aliphatic heterocycles. The quantitative estimate of drug-likeness (QED) is 0.0261. The molecule has 1 atom stereocenters. The molecule has 0 aromatic carbocycles. The molecule has 1 unspecified atom stereocenters. The van der Waals surface area contributed by atoms with Crippen LogP contribution in [0.5, 0.6) is 0 Å². The van der Waals surface area contributed by atoms with E-state index in [1.165, 1.54) is 109 Å². The molecule has 0 N–H and O–H groups in total. The van der Waals surface area contributed by atoms with Crippen LogP contribution in [0.2, 0.25) is 0 Å². The number of allylic oxidation sites excluding steroid dienone is 24. The average molecular weight is 1110 g/mol. The van der Waals surface area contributed by atoms with Gasteiger partial charge in [-0.05, 0) is 141 Å². The minimum absolute atomic E-state index is 0.103. The van der Waals surface area contributed by atoms with Crippen molar-refractivity contribution in [1.29, 1.82) is 0 Å². The Bertz CT molecular complexity index is 1750. The third kappa shape index (κ3) is 64.1. The van der Waals surface area contributed by atoms with E-state index in [1.54, 1.807) is 0 Å². The van der Waals surface area contributed by atoms with Gasteiger partial charge in [0, 0.05) is 19.3 Å². The fourth-order valence-corrected chi connectivity index (χ4v) is 8.70. The van der Waals surface area contributed by atoms with E-state index < -0.39 is 6.10 Å². The zero-order valence-corrected chi connectivity index (χ0v) is 51.8. The highest BCUT2D eigenvalue weighted by Crippen LogP contribution is 2.15. The number of rotatable bonds is 58. The molecular formula is C74H120O6. The number of esters is 3. The Hall–Kier alpha value is -4.71. The van der Waals surface area contributed by atoms with E-state index in [-0.39, 0.29) is 31.1 Å². The topological polar surface area (TPSA) is 78.9 Å². The van der Waals surface area contributed by atoms with E-state index in [1.807, 2.05) is 0 Å². The van der Waals surface area contributed by atoms with Crippen molar-refractivity contribution in [3.63, 3.8) is 0 Å². The predicted molar refractivity (Wildman–Crippen MR) is 348 cm³/mol. The van der Waals surface area contributed by atoms with Gasteiger partial charge in [0.15, 0.2) is 6.10 Å². The van der Waals surface area contributed by atoms with E-state index in [4.69, 9.17) is 14.2 Å². The number of ether oxygens (including phenoxy) is 3. The Labute approximate surface area is 493 Å². The van der Waals surface area contributed by atoms with Crippen LogP contribution in [-0.4, -0.2) is 37.2 Å². The van der Waals surface area contributed by atoms with Crippen molar-refractivity contribution in [1.82, 2.24) is 0 Å². The molecule has 0 bridgehead atoms. The minimum atomic E-state index is -0.811. The number of carbonyl (C=O) groups excluding carboxylic acids is 3. The maximum Gasteiger partial charge on any atom is 0.306 e. The van der Waals surface area contributed by atoms with Crippen molar-refractivity contribution in [2.45, 2.75) is 290 Å². The van der Waals surface area contributed by atoms with Crippen molar-refractivity contribution >= 4 is 17.9 Å². The van der Waals surface area contributed by atoms with Crippen LogP contribution in [0, 0.1) is 0 Å². The monoisotopic (exact) mass is 1100 g/mol. The molecule has 0 aromatic rings. The third-order valence-corrected chi connectivity index (χ3v) is 13.6. The molecule has 0 saturated carbocycles. The molecular weight excluding hydrogens is 985 g/mol. The van der Waals surface area contributed by atoms with Crippen LogP contribution in [0.25, 0.3) is 0 Å². The van der Waals surface area contributed by atoms with E-state index in [0.717, 1.165) is 128 Å². The van der Waals surface area contributed by atoms with Gasteiger partial charge in [0.2, 0.25) is 0 Å². The summed E-state index contributed by atoms with van der Waals surface area (Å²) < 4.78 is 16.9. The molecule has 0 fully saturated rings. The van der Waals surface area contributed by atoms with E-state index >= 15 is 0 Å². The molecule has 0 radical (unpaired) electrons. The number of hydrogen-bond acceptors (Lipinski definition) is 6. The lowest BCUT2D eigenvalue weighted by molar-refractivity contribution is -0.167. The van der Waals surface area contributed by atoms with E-state index in [2.05, 4.69) is 167 Å². The van der Waals surface area contributed by atoms with Gasteiger partial charge in [-0.2, -0.15) is 0 Å². The van der Waals surface area contributed by atoms with Crippen LogP contribution >= 0.6 is 0 Å². The van der Waals surface area contributed by atoms with Crippen molar-refractivity contribution < 1.29 is 28.6 Å². The maximum absolute atomic E-state index is 12.9. The molecule has 0 heterocycles. The summed E-state index contributed by atoms with van der Waals surface area (Å²) in [5.41, 5.74) is 0. The van der Waals surface area contributed by atoms with Crippen LogP contribution in [0.3, 0.4) is 0 Å². The molecule has 0 spiro atoms. The average Bonchev–Trinajstić information content (AvgIpc) is 3.46. The minimum Gasteiger partial charge on any atom is -0.462 e. The summed E-state index contributed by atoms with van der Waals surface area (Å²) in [6, 6.07) is 0. The Morgan fingerprint density at radius 1 is 0.263 bits per heavy atom. The van der Waals surface area contributed by atoms with Crippen LogP contribution in [0.1, 0.15) is 284 Å². The van der Waals surface area contributed by atoms with E-state index in [0.29, 0.717) is 25.7 Å². The van der Waals surface area contributed by atoms with E-state index in [9.17, 15) is 14.4 Å². The first-order chi connectivity index (χ1) is 39.5. The normalized spacial score (nSPS) is 13.1. The van der Waals surface area contributed by atoms with Gasteiger partial charge in [0.1, 0.15) is 13.2 Å². The first-order valence-corrected chi connectivity index (χ1v) is 32.8. The smallest absolute Gasteiger partial charge is 0.306 e. The molecule has 452 valence electrons. The highest BCUT2D eigenvalue weighted by Gasteiger charge is 2.19. The Morgan fingerprint density at radius 3 is 0.800 bits per heavy atom. The molecule has 0 aliphatic carbocycles. The second-order valence-corrected chi connectivity index (χ2v) is 21.3. The second-order valence-electron chi connectivity index (χ2n) is 21.3. The highest BCUT2D eigenvalue weighted by molar-refractivity contribution is 5.71. The third-order valence-electron chi connectivity index (χ3n) is 13.6. The van der Waals surface area contributed by atoms with Crippen molar-refractivity contribution in [3.05, 3.63) is 146 Å². The first-order valence-electron chi connectivity index (χ1n) is 32.8. The summed E-state index contributed by atoms with van der Waals surface area (Å²) in [7, 11) is 0. The van der Waals surface area contributed by atoms with Gasteiger partial charge in [0.25, 0.3) is 0 Å². The summed E-state index contributed by atoms with van der Waals surface area (Å²) >= 11 is 0. The Kier molecular flexibility index (Phi) is 62.9. The molecule has 6 nitrogen and oxygen atoms in total. The Morgan fingerprint density at radius 2 is 0.487 bits per heavy atom. The van der Waals surface area contributed by atoms with Crippen LogP contribution in [-0.2, 0) is 28.6 Å². The fraction of sp³-hybridized carbons (Fsp3) is 0.635. The second kappa shape index (κ2) is 66.8. The van der Waals surface area contributed by atoms with Gasteiger partial charge in [-0.15, -0.1) is 0 Å². The lowest BCUT2D eigenvalue weighted by Gasteiger charge is -2.18. The highest BCUT2D eigenvalue weighted by atomic mass is 16.6. The number of carbonyl (C=O) groups is 3. The summed E-state index contributed by atoms with van der Waals surface area (Å²) in [4.78, 5) is 38.4. The van der Waals surface area contributed by atoms with Gasteiger partial charge in [-0.25, -0.2) is 0 Å². The predicted octanol–water partition coefficient (Wildman–Crippen LogP) is 22.7. The van der Waals surface area contributed by atoms with Crippen molar-refractivity contribution in [3.8, 4) is 0 Å². The number of hydrogen-bond donors (Lipinski definition) is 0. The standard InChI is InChI=1S/C74H120O6/c1-4-7-10-13-16-19-22-25-28-31-33-34-35-36-37-38-39-40-41-44-46-49-52-55-58-61-64-67-73(76)79-70-71(69-78-72(75)66-63-60-57-54-51-48-45-42-30-27-24-21-18-15-12-9-6-3)80-74(77)68-65-62-59-56-53-50-47-43-32-29-26-23-20-17-14-11-8-5-2/h7,9-10,12,16,18-19,21,25,27-30,32-34,36-37,39-40,44,46,52,55,71H,4-6,8,11,13-15,17,20,22-24,26,31,35,38,41-43,45,47-51,53-54,56-70H2,1-3H3/b10-7-,12-9-,19-16-,21-18-,28-25-,30-27-,32-29-,34-33-,37-36-,40-39-,46-44-,55-52-. The van der Waals surface area contributed by atoms with Gasteiger partial charge in [-0.3, -0.25) is 14.4 Å². The molecule has 6 heteroatoms. The summed E-state index contributed by atoms with van der Waals surface area (Å²) in [6.45, 7) is 6.38. The first kappa shape index (κ1) is 75.3. The number of unbranched alkanes of at least 4 members (excludes halogenated alkanes) is 23. The fourth-order valence-electron chi connectivity index (χ4n) is 8.70. The lowest BCUT2D eigenvalue weighted by atomic mass is 10.1. The largest absolute Gasteiger partial charge is 0.462 e. The molecule has 0 aromatic heterocycles. The van der Waals surface area contributed by atoms with Crippen molar-refractivity contribution in [2.24, 2.45) is 0 Å².